The third-order valence-corrected chi connectivity index (χ3v) is 3.68. The van der Waals surface area contributed by atoms with Gasteiger partial charge in [-0.1, -0.05) is 24.3 Å². The molecule has 0 spiro atoms. The Labute approximate surface area is 137 Å². The minimum absolute atomic E-state index is 0.222. The normalized spacial score (nSPS) is 10.8. The van der Waals surface area contributed by atoms with Gasteiger partial charge in [-0.05, 0) is 35.9 Å². The van der Waals surface area contributed by atoms with E-state index < -0.39 is 0 Å². The Kier molecular flexibility index (Phi) is 3.40. The zero-order chi connectivity index (χ0) is 15.6. The van der Waals surface area contributed by atoms with Crippen molar-refractivity contribution in [1.29, 1.82) is 0 Å². The standard InChI is InChI=1S/C17H12ClN5/c18-17-20-10-8-16(22-17)23-11-13(12-5-1-2-6-14(12)23)21-15-7-3-4-9-19-15/h1-11H,(H,19,21). The van der Waals surface area contributed by atoms with E-state index in [0.717, 1.165) is 28.2 Å². The molecule has 4 rings (SSSR count). The molecule has 3 aromatic heterocycles. The molecule has 0 bridgehead atoms. The molecule has 0 saturated heterocycles. The molecule has 0 aliphatic carbocycles. The highest BCUT2D eigenvalue weighted by Crippen LogP contribution is 2.30. The van der Waals surface area contributed by atoms with Gasteiger partial charge in [0.2, 0.25) is 5.28 Å². The fourth-order valence-electron chi connectivity index (χ4n) is 2.50. The van der Waals surface area contributed by atoms with Crippen LogP contribution in [0.3, 0.4) is 0 Å². The summed E-state index contributed by atoms with van der Waals surface area (Å²) in [5.41, 5.74) is 1.98. The number of fused-ring (bicyclic) bond motifs is 1. The van der Waals surface area contributed by atoms with E-state index in [1.165, 1.54) is 0 Å². The zero-order valence-electron chi connectivity index (χ0n) is 12.0. The molecule has 0 saturated carbocycles. The average molecular weight is 322 g/mol. The molecule has 23 heavy (non-hydrogen) atoms. The highest BCUT2D eigenvalue weighted by Gasteiger charge is 2.11. The molecule has 0 atom stereocenters. The van der Waals surface area contributed by atoms with Crippen molar-refractivity contribution in [3.63, 3.8) is 0 Å². The maximum atomic E-state index is 5.92. The van der Waals surface area contributed by atoms with Crippen molar-refractivity contribution in [2.45, 2.75) is 0 Å². The predicted octanol–water partition coefficient (Wildman–Crippen LogP) is 4.21. The molecule has 3 heterocycles. The quantitative estimate of drug-likeness (QED) is 0.574. The molecule has 6 heteroatoms. The van der Waals surface area contributed by atoms with Crippen molar-refractivity contribution in [2.75, 3.05) is 5.32 Å². The number of aromatic nitrogens is 4. The van der Waals surface area contributed by atoms with Gasteiger partial charge in [0.15, 0.2) is 0 Å². The van der Waals surface area contributed by atoms with Gasteiger partial charge < -0.3 is 5.32 Å². The fourth-order valence-corrected chi connectivity index (χ4v) is 2.65. The Balaban J connectivity index is 1.86. The van der Waals surface area contributed by atoms with Gasteiger partial charge in [0.25, 0.3) is 0 Å². The Hall–Kier alpha value is -2.92. The van der Waals surface area contributed by atoms with E-state index in [1.54, 1.807) is 12.4 Å². The van der Waals surface area contributed by atoms with Crippen molar-refractivity contribution in [3.05, 3.63) is 72.4 Å². The first-order valence-corrected chi connectivity index (χ1v) is 7.46. The van der Waals surface area contributed by atoms with Gasteiger partial charge in [-0.2, -0.15) is 4.98 Å². The third kappa shape index (κ3) is 2.62. The number of nitrogens with one attached hydrogen (secondary N) is 1. The smallest absolute Gasteiger partial charge is 0.224 e. The fraction of sp³-hybridized carbons (Fsp3) is 0. The maximum Gasteiger partial charge on any atom is 0.224 e. The summed E-state index contributed by atoms with van der Waals surface area (Å²) >= 11 is 5.92. The summed E-state index contributed by atoms with van der Waals surface area (Å²) in [6, 6.07) is 15.7. The van der Waals surface area contributed by atoms with Crippen LogP contribution in [-0.4, -0.2) is 19.5 Å². The van der Waals surface area contributed by atoms with Crippen molar-refractivity contribution in [3.8, 4) is 5.82 Å². The molecular formula is C17H12ClN5. The Bertz CT molecular complexity index is 965. The summed E-state index contributed by atoms with van der Waals surface area (Å²) in [6.07, 6.45) is 5.38. The number of hydrogen-bond donors (Lipinski definition) is 1. The van der Waals surface area contributed by atoms with Gasteiger partial charge in [0.05, 0.1) is 11.2 Å². The lowest BCUT2D eigenvalue weighted by atomic mass is 10.2. The lowest BCUT2D eigenvalue weighted by Crippen LogP contribution is -1.97. The van der Waals surface area contributed by atoms with Crippen LogP contribution in [0, 0.1) is 0 Å². The molecule has 4 aromatic rings. The number of hydrogen-bond acceptors (Lipinski definition) is 4. The largest absolute Gasteiger partial charge is 0.338 e. The summed E-state index contributed by atoms with van der Waals surface area (Å²) in [5.74, 6) is 1.51. The Morgan fingerprint density at radius 2 is 1.78 bits per heavy atom. The van der Waals surface area contributed by atoms with E-state index >= 15 is 0 Å². The third-order valence-electron chi connectivity index (χ3n) is 3.50. The van der Waals surface area contributed by atoms with Crippen molar-refractivity contribution >= 4 is 34.0 Å². The summed E-state index contributed by atoms with van der Waals surface area (Å²) in [5, 5.41) is 4.64. The van der Waals surface area contributed by atoms with Gasteiger partial charge in [0, 0.05) is 24.0 Å². The molecule has 0 fully saturated rings. The van der Waals surface area contributed by atoms with Crippen LogP contribution in [0.5, 0.6) is 0 Å². The monoisotopic (exact) mass is 321 g/mol. The zero-order valence-corrected chi connectivity index (χ0v) is 12.8. The van der Waals surface area contributed by atoms with E-state index in [4.69, 9.17) is 11.6 Å². The van der Waals surface area contributed by atoms with E-state index in [0.29, 0.717) is 0 Å². The van der Waals surface area contributed by atoms with E-state index in [-0.39, 0.29) is 5.28 Å². The van der Waals surface area contributed by atoms with Crippen LogP contribution >= 0.6 is 11.6 Å². The lowest BCUT2D eigenvalue weighted by molar-refractivity contribution is 1.01. The van der Waals surface area contributed by atoms with E-state index in [1.807, 2.05) is 53.2 Å². The maximum absolute atomic E-state index is 5.92. The van der Waals surface area contributed by atoms with Crippen LogP contribution in [-0.2, 0) is 0 Å². The van der Waals surface area contributed by atoms with Crippen LogP contribution < -0.4 is 5.32 Å². The Morgan fingerprint density at radius 3 is 2.61 bits per heavy atom. The van der Waals surface area contributed by atoms with Gasteiger partial charge in [-0.3, -0.25) is 4.57 Å². The first-order chi connectivity index (χ1) is 11.3. The number of benzene rings is 1. The lowest BCUT2D eigenvalue weighted by Gasteiger charge is -2.03. The second-order valence-electron chi connectivity index (χ2n) is 4.95. The number of rotatable bonds is 3. The summed E-state index contributed by atoms with van der Waals surface area (Å²) in [7, 11) is 0. The Morgan fingerprint density at radius 1 is 0.913 bits per heavy atom. The first kappa shape index (κ1) is 13.7. The molecule has 112 valence electrons. The minimum Gasteiger partial charge on any atom is -0.338 e. The number of nitrogens with zero attached hydrogens (tertiary/aromatic N) is 4. The molecule has 0 aliphatic rings. The van der Waals surface area contributed by atoms with Crippen molar-refractivity contribution in [1.82, 2.24) is 19.5 Å². The number of para-hydroxylation sites is 1. The number of anilines is 2. The molecule has 1 aromatic carbocycles. The molecule has 5 nitrogen and oxygen atoms in total. The minimum atomic E-state index is 0.222. The van der Waals surface area contributed by atoms with Crippen molar-refractivity contribution in [2.24, 2.45) is 0 Å². The van der Waals surface area contributed by atoms with Crippen LogP contribution in [0.1, 0.15) is 0 Å². The molecule has 0 amide bonds. The van der Waals surface area contributed by atoms with Crippen LogP contribution in [0.15, 0.2) is 67.1 Å². The number of halogens is 1. The summed E-state index contributed by atoms with van der Waals surface area (Å²) in [4.78, 5) is 12.5. The van der Waals surface area contributed by atoms with Crippen LogP contribution in [0.25, 0.3) is 16.7 Å². The number of pyridine rings is 1. The second-order valence-corrected chi connectivity index (χ2v) is 5.29. The molecule has 0 radical (unpaired) electrons. The highest BCUT2D eigenvalue weighted by molar-refractivity contribution is 6.28. The molecule has 0 aliphatic heterocycles. The second kappa shape index (κ2) is 5.70. The molecular weight excluding hydrogens is 310 g/mol. The van der Waals surface area contributed by atoms with Crippen LogP contribution in [0.4, 0.5) is 11.5 Å². The van der Waals surface area contributed by atoms with E-state index in [2.05, 4.69) is 26.3 Å². The van der Waals surface area contributed by atoms with Gasteiger partial charge >= 0.3 is 0 Å². The van der Waals surface area contributed by atoms with Crippen molar-refractivity contribution < 1.29 is 0 Å². The van der Waals surface area contributed by atoms with Gasteiger partial charge in [0.1, 0.15) is 11.6 Å². The predicted molar refractivity (Wildman–Crippen MR) is 91.4 cm³/mol. The van der Waals surface area contributed by atoms with Crippen LogP contribution in [0.2, 0.25) is 5.28 Å². The summed E-state index contributed by atoms with van der Waals surface area (Å²) in [6.45, 7) is 0. The van der Waals surface area contributed by atoms with E-state index in [9.17, 15) is 0 Å². The highest BCUT2D eigenvalue weighted by atomic mass is 35.5. The average Bonchev–Trinajstić information content (AvgIpc) is 2.95. The van der Waals surface area contributed by atoms with Gasteiger partial charge in [-0.15, -0.1) is 0 Å². The summed E-state index contributed by atoms with van der Waals surface area (Å²) < 4.78 is 1.98. The van der Waals surface area contributed by atoms with Gasteiger partial charge in [-0.25, -0.2) is 9.97 Å². The molecule has 0 unspecified atom stereocenters. The topological polar surface area (TPSA) is 55.6 Å². The SMILES string of the molecule is Clc1nccc(-n2cc(Nc3ccccn3)c3ccccc32)n1. The molecule has 1 N–H and O–H groups in total. The first-order valence-electron chi connectivity index (χ1n) is 7.08.